The molecule has 28 heavy (non-hydrogen) atoms. The quantitative estimate of drug-likeness (QED) is 0.347. The first-order valence-corrected chi connectivity index (χ1v) is 11.9. The summed E-state index contributed by atoms with van der Waals surface area (Å²) >= 11 is 2.15. The van der Waals surface area contributed by atoms with E-state index in [1.807, 2.05) is 10.2 Å². The lowest BCUT2D eigenvalue weighted by molar-refractivity contribution is -0.118. The van der Waals surface area contributed by atoms with Gasteiger partial charge in [0.15, 0.2) is 11.6 Å². The second kappa shape index (κ2) is 9.50. The molecule has 0 saturated heterocycles. The third kappa shape index (κ3) is 5.10. The van der Waals surface area contributed by atoms with Gasteiger partial charge in [-0.3, -0.25) is 13.4 Å². The molecule has 150 valence electrons. The van der Waals surface area contributed by atoms with Gasteiger partial charge in [-0.25, -0.2) is 4.39 Å². The van der Waals surface area contributed by atoms with Gasteiger partial charge in [0.05, 0.1) is 5.52 Å². The van der Waals surface area contributed by atoms with E-state index in [1.54, 1.807) is 30.1 Å². The fourth-order valence-corrected chi connectivity index (χ4v) is 4.14. The highest BCUT2D eigenvalue weighted by atomic mass is 127. The van der Waals surface area contributed by atoms with Gasteiger partial charge in [0.2, 0.25) is 11.8 Å². The fraction of sp³-hybridized carbons (Fsp3) is 0.333. The van der Waals surface area contributed by atoms with Crippen molar-refractivity contribution in [1.29, 1.82) is 0 Å². The summed E-state index contributed by atoms with van der Waals surface area (Å²) in [6.45, 7) is 2.46. The molecule has 0 saturated carbocycles. The Balaban J connectivity index is 1.70. The van der Waals surface area contributed by atoms with E-state index in [0.717, 1.165) is 16.5 Å². The number of fused-ring (bicyclic) bond motifs is 1. The second-order valence-electron chi connectivity index (χ2n) is 6.11. The van der Waals surface area contributed by atoms with Crippen LogP contribution in [0.2, 0.25) is 0 Å². The molecule has 1 N–H and O–H groups in total. The summed E-state index contributed by atoms with van der Waals surface area (Å²) in [7, 11) is 3.26. The molecule has 7 nitrogen and oxygen atoms in total. The van der Waals surface area contributed by atoms with Gasteiger partial charge in [-0.15, -0.1) is 5.10 Å². The number of aryl methyl sites for hydroxylation is 1. The summed E-state index contributed by atoms with van der Waals surface area (Å²) in [5.41, 5.74) is 1.79. The van der Waals surface area contributed by atoms with E-state index >= 15 is 0 Å². The smallest absolute Gasteiger partial charge is 0.232 e. The Labute approximate surface area is 178 Å². The van der Waals surface area contributed by atoms with Crippen LogP contribution in [0.5, 0.6) is 11.6 Å². The zero-order valence-corrected chi connectivity index (χ0v) is 18.4. The van der Waals surface area contributed by atoms with Crippen LogP contribution in [0.4, 0.5) is 4.39 Å². The normalized spacial score (nSPS) is 11.0. The molecule has 10 heteroatoms. The summed E-state index contributed by atoms with van der Waals surface area (Å²) in [6, 6.07) is 4.92. The Morgan fingerprint density at radius 2 is 2.14 bits per heavy atom. The van der Waals surface area contributed by atoms with Crippen molar-refractivity contribution < 1.29 is 18.7 Å². The minimum absolute atomic E-state index is 0.0741. The molecule has 2 heterocycles. The summed E-state index contributed by atoms with van der Waals surface area (Å²) in [6.07, 6.45) is 4.38. The Hall–Kier alpha value is -1.95. The number of aromatic nitrogens is 3. The van der Waals surface area contributed by atoms with Gasteiger partial charge < -0.3 is 14.8 Å². The number of ether oxygens (including phenoxy) is 2. The molecule has 0 aliphatic carbocycles. The molecule has 0 fully saturated rings. The number of hydrogen-bond acceptors (Lipinski definition) is 5. The van der Waals surface area contributed by atoms with Crippen LogP contribution in [0.15, 0.2) is 30.6 Å². The fourth-order valence-electron chi connectivity index (χ4n) is 2.77. The van der Waals surface area contributed by atoms with Gasteiger partial charge in [-0.1, -0.05) is 0 Å². The molecular formula is C18H20FIN4O3S. The molecule has 0 spiro atoms. The van der Waals surface area contributed by atoms with Gasteiger partial charge in [0.25, 0.3) is 0 Å². The van der Waals surface area contributed by atoms with Crippen LogP contribution in [0.3, 0.4) is 0 Å². The van der Waals surface area contributed by atoms with Crippen LogP contribution in [-0.4, -0.2) is 39.4 Å². The second-order valence-corrected chi connectivity index (χ2v) is 7.82. The number of hydrogen-bond donors (Lipinski definition) is 1. The maximum Gasteiger partial charge on any atom is 0.232 e. The van der Waals surface area contributed by atoms with Gasteiger partial charge in [0, 0.05) is 80.8 Å². The van der Waals surface area contributed by atoms with Crippen LogP contribution < -0.4 is 14.8 Å². The van der Waals surface area contributed by atoms with E-state index in [1.165, 1.54) is 22.1 Å². The van der Waals surface area contributed by atoms with Crippen LogP contribution >= 0.6 is 30.3 Å². The maximum absolute atomic E-state index is 14.5. The SMILES string of the molecule is CC(=O)NCCc1cn(SI)c2cc(F)c(OCCOc3ccn(C)n3)cc12. The first kappa shape index (κ1) is 20.8. The van der Waals surface area contributed by atoms with Crippen LogP contribution in [0.1, 0.15) is 12.5 Å². The zero-order chi connectivity index (χ0) is 20.1. The predicted octanol–water partition coefficient (Wildman–Crippen LogP) is 3.50. The highest BCUT2D eigenvalue weighted by Crippen LogP contribution is 2.33. The number of halogens is 2. The van der Waals surface area contributed by atoms with Gasteiger partial charge in [-0.05, 0) is 18.1 Å². The van der Waals surface area contributed by atoms with E-state index < -0.39 is 5.82 Å². The Morgan fingerprint density at radius 1 is 1.36 bits per heavy atom. The molecule has 0 unspecified atom stereocenters. The molecular weight excluding hydrogens is 498 g/mol. The number of nitrogens with zero attached hydrogens (tertiary/aromatic N) is 3. The molecule has 0 aliphatic heterocycles. The number of carbonyl (C=O) groups excluding carboxylic acids is 1. The van der Waals surface area contributed by atoms with Crippen molar-refractivity contribution in [3.05, 3.63) is 42.0 Å². The molecule has 0 aliphatic rings. The molecule has 2 aromatic heterocycles. The van der Waals surface area contributed by atoms with E-state index in [-0.39, 0.29) is 24.9 Å². The van der Waals surface area contributed by atoms with Crippen molar-refractivity contribution in [1.82, 2.24) is 19.1 Å². The summed E-state index contributed by atoms with van der Waals surface area (Å²) < 4.78 is 29.1. The van der Waals surface area contributed by atoms with Crippen molar-refractivity contribution in [2.75, 3.05) is 19.8 Å². The summed E-state index contributed by atoms with van der Waals surface area (Å²) in [4.78, 5) is 11.1. The van der Waals surface area contributed by atoms with Gasteiger partial charge in [-0.2, -0.15) is 0 Å². The lowest BCUT2D eigenvalue weighted by Crippen LogP contribution is -2.22. The van der Waals surface area contributed by atoms with Crippen molar-refractivity contribution >= 4 is 47.1 Å². The minimum Gasteiger partial charge on any atom is -0.487 e. The Morgan fingerprint density at radius 3 is 2.82 bits per heavy atom. The zero-order valence-electron chi connectivity index (χ0n) is 15.4. The van der Waals surface area contributed by atoms with Crippen molar-refractivity contribution in [2.45, 2.75) is 13.3 Å². The Bertz CT molecular complexity index is 975. The average Bonchev–Trinajstić information content (AvgIpc) is 3.21. The van der Waals surface area contributed by atoms with Crippen LogP contribution in [0, 0.1) is 5.82 Å². The Kier molecular flexibility index (Phi) is 7.05. The van der Waals surface area contributed by atoms with Crippen molar-refractivity contribution in [3.8, 4) is 11.6 Å². The predicted molar refractivity (Wildman–Crippen MR) is 115 cm³/mol. The monoisotopic (exact) mass is 518 g/mol. The molecule has 0 bridgehead atoms. The third-order valence-corrected chi connectivity index (χ3v) is 5.75. The van der Waals surface area contributed by atoms with Gasteiger partial charge in [0.1, 0.15) is 13.2 Å². The first-order valence-electron chi connectivity index (χ1n) is 8.60. The topological polar surface area (TPSA) is 70.3 Å². The molecule has 1 aromatic carbocycles. The number of amides is 1. The molecule has 3 rings (SSSR count). The average molecular weight is 518 g/mol. The molecule has 0 atom stereocenters. The molecule has 0 radical (unpaired) electrons. The molecule has 3 aromatic rings. The number of rotatable bonds is 9. The van der Waals surface area contributed by atoms with E-state index in [2.05, 4.69) is 31.6 Å². The first-order chi connectivity index (χ1) is 13.5. The standard InChI is InChI=1S/C18H20FIN4O3S/c1-12(25)21-5-3-13-11-24(28-20)16-10-15(19)17(9-14(13)16)26-7-8-27-18-4-6-23(2)22-18/h4,6,9-11H,3,5,7-8H2,1-2H3,(H,21,25). The number of carbonyl (C=O) groups is 1. The van der Waals surface area contributed by atoms with Crippen molar-refractivity contribution in [2.24, 2.45) is 7.05 Å². The summed E-state index contributed by atoms with van der Waals surface area (Å²) in [5.74, 6) is 0.172. The number of benzene rings is 1. The highest BCUT2D eigenvalue weighted by Gasteiger charge is 2.14. The number of nitrogens with one attached hydrogen (secondary N) is 1. The summed E-state index contributed by atoms with van der Waals surface area (Å²) in [5, 5.41) is 7.79. The third-order valence-electron chi connectivity index (χ3n) is 4.03. The van der Waals surface area contributed by atoms with E-state index in [0.29, 0.717) is 18.8 Å². The van der Waals surface area contributed by atoms with E-state index in [4.69, 9.17) is 9.47 Å². The lowest BCUT2D eigenvalue weighted by atomic mass is 10.1. The lowest BCUT2D eigenvalue weighted by Gasteiger charge is -2.09. The molecule has 1 amide bonds. The minimum atomic E-state index is -0.427. The highest BCUT2D eigenvalue weighted by molar-refractivity contribution is 14.2. The largest absolute Gasteiger partial charge is 0.487 e. The van der Waals surface area contributed by atoms with Crippen molar-refractivity contribution in [3.63, 3.8) is 0 Å². The van der Waals surface area contributed by atoms with E-state index in [9.17, 15) is 9.18 Å². The maximum atomic E-state index is 14.5. The van der Waals surface area contributed by atoms with Crippen LogP contribution in [-0.2, 0) is 18.3 Å². The van der Waals surface area contributed by atoms with Gasteiger partial charge >= 0.3 is 0 Å². The van der Waals surface area contributed by atoms with Crippen LogP contribution in [0.25, 0.3) is 10.9 Å².